The van der Waals surface area contributed by atoms with Gasteiger partial charge < -0.3 is 20.9 Å². The van der Waals surface area contributed by atoms with Crippen LogP contribution in [0.25, 0.3) is 10.2 Å². The molecular formula is C25H32N6O2S. The van der Waals surface area contributed by atoms with Crippen molar-refractivity contribution in [1.29, 1.82) is 0 Å². The smallest absolute Gasteiger partial charge is 0.313 e. The summed E-state index contributed by atoms with van der Waals surface area (Å²) in [5.41, 5.74) is 9.16. The minimum atomic E-state index is -0.652. The van der Waals surface area contributed by atoms with Gasteiger partial charge in [-0.25, -0.2) is 9.97 Å². The van der Waals surface area contributed by atoms with Crippen LogP contribution in [0.15, 0.2) is 30.5 Å². The molecule has 1 aliphatic rings. The Hall–Kier alpha value is -3.04. The number of piperidine rings is 1. The topological polar surface area (TPSA) is 104 Å². The molecule has 1 aromatic carbocycles. The molecule has 1 saturated heterocycles. The molecule has 1 aliphatic heterocycles. The lowest BCUT2D eigenvalue weighted by molar-refractivity contribution is -0.145. The lowest BCUT2D eigenvalue weighted by Gasteiger charge is -2.35. The fraction of sp³-hybridized carbons (Fsp3) is 0.440. The van der Waals surface area contributed by atoms with Crippen LogP contribution in [-0.2, 0) is 22.4 Å². The molecule has 3 N–H and O–H groups in total. The first-order valence-electron chi connectivity index (χ1n) is 11.8. The minimum absolute atomic E-state index is 0.140. The number of nitrogen functional groups attached to an aromatic ring is 1. The van der Waals surface area contributed by atoms with E-state index in [2.05, 4.69) is 47.5 Å². The van der Waals surface area contributed by atoms with Crippen LogP contribution in [-0.4, -0.2) is 58.8 Å². The van der Waals surface area contributed by atoms with Gasteiger partial charge in [0.15, 0.2) is 0 Å². The van der Waals surface area contributed by atoms with Crippen LogP contribution >= 0.6 is 11.3 Å². The van der Waals surface area contributed by atoms with E-state index in [9.17, 15) is 9.59 Å². The highest BCUT2D eigenvalue weighted by molar-refractivity contribution is 7.18. The molecule has 1 fully saturated rings. The predicted octanol–water partition coefficient (Wildman–Crippen LogP) is 3.63. The molecule has 0 unspecified atom stereocenters. The largest absolute Gasteiger partial charge is 0.383 e. The Kier molecular flexibility index (Phi) is 7.43. The number of likely N-dealkylation sites (N-methyl/N-ethyl adjacent to an activating group) is 1. The fourth-order valence-electron chi connectivity index (χ4n) is 4.33. The van der Waals surface area contributed by atoms with Crippen molar-refractivity contribution in [1.82, 2.24) is 19.8 Å². The number of pyridine rings is 1. The molecule has 0 spiro atoms. The number of nitrogens with one attached hydrogen (secondary N) is 1. The Morgan fingerprint density at radius 3 is 2.85 bits per heavy atom. The van der Waals surface area contributed by atoms with Crippen LogP contribution < -0.4 is 11.1 Å². The summed E-state index contributed by atoms with van der Waals surface area (Å²) in [6, 6.07) is 7.87. The van der Waals surface area contributed by atoms with Gasteiger partial charge in [-0.1, -0.05) is 13.0 Å². The van der Waals surface area contributed by atoms with Crippen molar-refractivity contribution in [3.05, 3.63) is 46.6 Å². The summed E-state index contributed by atoms with van der Waals surface area (Å²) in [6.07, 6.45) is 5.81. The number of hydrogen-bond acceptors (Lipinski definition) is 7. The Morgan fingerprint density at radius 1 is 1.26 bits per heavy atom. The van der Waals surface area contributed by atoms with Crippen molar-refractivity contribution in [2.24, 2.45) is 0 Å². The molecule has 2 aromatic heterocycles. The number of nitrogens with zero attached hydrogens (tertiary/aromatic N) is 4. The van der Waals surface area contributed by atoms with E-state index in [1.54, 1.807) is 22.3 Å². The van der Waals surface area contributed by atoms with Gasteiger partial charge >= 0.3 is 11.8 Å². The first-order chi connectivity index (χ1) is 16.4. The maximum absolute atomic E-state index is 13.2. The van der Waals surface area contributed by atoms with Gasteiger partial charge in [0.2, 0.25) is 0 Å². The standard InChI is InChI=1S/C25H32N6O2S/c1-4-16-13-18(15-27-23(16)26)28-24(32)25(33)31-11-6-5-7-20(31)17-8-9-21-19(14-17)29-22(34-21)10-12-30(2)3/h8-9,13-15,20H,4-7,10-12H2,1-3H3,(H2,26,27)(H,28,32)/t20-/m0/s1. The second kappa shape index (κ2) is 10.5. The Bertz CT molecular complexity index is 1190. The van der Waals surface area contributed by atoms with Gasteiger partial charge in [0.1, 0.15) is 5.82 Å². The lowest BCUT2D eigenvalue weighted by Crippen LogP contribution is -2.44. The zero-order chi connectivity index (χ0) is 24.2. The molecule has 0 bridgehead atoms. The van der Waals surface area contributed by atoms with E-state index in [0.29, 0.717) is 24.5 Å². The normalized spacial score (nSPS) is 16.2. The van der Waals surface area contributed by atoms with E-state index in [1.165, 1.54) is 6.20 Å². The van der Waals surface area contributed by atoms with Crippen molar-refractivity contribution in [3.8, 4) is 0 Å². The van der Waals surface area contributed by atoms with Crippen molar-refractivity contribution in [3.63, 3.8) is 0 Å². The lowest BCUT2D eigenvalue weighted by atomic mass is 9.95. The van der Waals surface area contributed by atoms with Crippen molar-refractivity contribution in [2.75, 3.05) is 38.2 Å². The number of likely N-dealkylation sites (tertiary alicyclic amines) is 1. The third-order valence-electron chi connectivity index (χ3n) is 6.21. The fourth-order valence-corrected chi connectivity index (χ4v) is 5.27. The van der Waals surface area contributed by atoms with Gasteiger partial charge in [0, 0.05) is 19.5 Å². The molecule has 2 amide bonds. The van der Waals surface area contributed by atoms with Crippen LogP contribution in [0.3, 0.4) is 0 Å². The second-order valence-corrected chi connectivity index (χ2v) is 10.1. The third kappa shape index (κ3) is 5.37. The van der Waals surface area contributed by atoms with E-state index < -0.39 is 11.8 Å². The minimum Gasteiger partial charge on any atom is -0.383 e. The van der Waals surface area contributed by atoms with Crippen LogP contribution in [0.5, 0.6) is 0 Å². The molecule has 0 aliphatic carbocycles. The van der Waals surface area contributed by atoms with Crippen molar-refractivity contribution in [2.45, 2.75) is 45.1 Å². The summed E-state index contributed by atoms with van der Waals surface area (Å²) in [4.78, 5) is 38.8. The zero-order valence-corrected chi connectivity index (χ0v) is 20.8. The molecule has 0 saturated carbocycles. The summed E-state index contributed by atoms with van der Waals surface area (Å²) >= 11 is 1.71. The monoisotopic (exact) mass is 480 g/mol. The van der Waals surface area contributed by atoms with Crippen molar-refractivity contribution < 1.29 is 9.59 Å². The average Bonchev–Trinajstić information content (AvgIpc) is 3.25. The Labute approximate surface area is 204 Å². The highest BCUT2D eigenvalue weighted by atomic mass is 32.1. The van der Waals surface area contributed by atoms with E-state index in [-0.39, 0.29) is 6.04 Å². The predicted molar refractivity (Wildman–Crippen MR) is 137 cm³/mol. The van der Waals surface area contributed by atoms with Gasteiger partial charge in [-0.2, -0.15) is 0 Å². The third-order valence-corrected chi connectivity index (χ3v) is 7.31. The average molecular weight is 481 g/mol. The van der Waals surface area contributed by atoms with Crippen molar-refractivity contribution >= 4 is 44.9 Å². The Morgan fingerprint density at radius 2 is 2.09 bits per heavy atom. The van der Waals surface area contributed by atoms with E-state index >= 15 is 0 Å². The number of anilines is 2. The highest BCUT2D eigenvalue weighted by Gasteiger charge is 2.32. The second-order valence-electron chi connectivity index (χ2n) is 8.97. The summed E-state index contributed by atoms with van der Waals surface area (Å²) in [5.74, 6) is -0.740. The number of nitrogens with two attached hydrogens (primary N) is 1. The van der Waals surface area contributed by atoms with E-state index in [1.807, 2.05) is 6.92 Å². The molecule has 3 aromatic rings. The van der Waals surface area contributed by atoms with Gasteiger partial charge in [0.25, 0.3) is 0 Å². The number of thiazole rings is 1. The number of amides is 2. The molecule has 8 nitrogen and oxygen atoms in total. The highest BCUT2D eigenvalue weighted by Crippen LogP contribution is 2.34. The molecule has 4 rings (SSSR count). The number of hydrogen-bond donors (Lipinski definition) is 2. The number of fused-ring (bicyclic) bond motifs is 1. The molecule has 0 radical (unpaired) electrons. The molecule has 180 valence electrons. The van der Waals surface area contributed by atoms with E-state index in [0.717, 1.165) is 58.6 Å². The van der Waals surface area contributed by atoms with Gasteiger partial charge in [-0.3, -0.25) is 9.59 Å². The Balaban J connectivity index is 1.52. The first kappa shape index (κ1) is 24.1. The summed E-state index contributed by atoms with van der Waals surface area (Å²) in [5, 5.41) is 3.82. The number of carbonyl (C=O) groups is 2. The first-order valence-corrected chi connectivity index (χ1v) is 12.6. The number of aromatic nitrogens is 2. The maximum Gasteiger partial charge on any atom is 0.313 e. The number of carbonyl (C=O) groups excluding carboxylic acids is 2. The van der Waals surface area contributed by atoms with Gasteiger partial charge in [-0.15, -0.1) is 11.3 Å². The quantitative estimate of drug-likeness (QED) is 0.522. The molecule has 1 atom stereocenters. The summed E-state index contributed by atoms with van der Waals surface area (Å²) in [7, 11) is 4.12. The van der Waals surface area contributed by atoms with Crippen LogP contribution in [0, 0.1) is 0 Å². The number of rotatable bonds is 6. The SMILES string of the molecule is CCc1cc(NC(=O)C(=O)N2CCCC[C@H]2c2ccc3sc(CCN(C)C)nc3c2)cnc1N. The van der Waals surface area contributed by atoms with Gasteiger partial charge in [0.05, 0.1) is 33.2 Å². The van der Waals surface area contributed by atoms with Gasteiger partial charge in [-0.05, 0) is 69.1 Å². The number of aryl methyl sites for hydroxylation is 1. The summed E-state index contributed by atoms with van der Waals surface area (Å²) in [6.45, 7) is 3.48. The maximum atomic E-state index is 13.2. The number of benzene rings is 1. The zero-order valence-electron chi connectivity index (χ0n) is 20.0. The summed E-state index contributed by atoms with van der Waals surface area (Å²) < 4.78 is 1.14. The van der Waals surface area contributed by atoms with Crippen LogP contribution in [0.1, 0.15) is 48.4 Å². The molecule has 34 heavy (non-hydrogen) atoms. The molecule has 9 heteroatoms. The van der Waals surface area contributed by atoms with E-state index in [4.69, 9.17) is 10.7 Å². The van der Waals surface area contributed by atoms with Crippen LogP contribution in [0.4, 0.5) is 11.5 Å². The van der Waals surface area contributed by atoms with Crippen LogP contribution in [0.2, 0.25) is 0 Å². The molecule has 3 heterocycles. The molecular weight excluding hydrogens is 448 g/mol.